The summed E-state index contributed by atoms with van der Waals surface area (Å²) < 4.78 is 0. The molecule has 0 saturated heterocycles. The highest BCUT2D eigenvalue weighted by molar-refractivity contribution is 5.96. The van der Waals surface area contributed by atoms with Gasteiger partial charge in [0.15, 0.2) is 0 Å². The molecule has 0 fully saturated rings. The second-order valence-electron chi connectivity index (χ2n) is 3.68. The summed E-state index contributed by atoms with van der Waals surface area (Å²) in [7, 11) is 0. The molecule has 0 aliphatic heterocycles. The van der Waals surface area contributed by atoms with Crippen molar-refractivity contribution in [1.82, 2.24) is 4.98 Å². The normalized spacial score (nSPS) is 11.0. The summed E-state index contributed by atoms with van der Waals surface area (Å²) in [4.78, 5) is 4.61. The van der Waals surface area contributed by atoms with Gasteiger partial charge in [0.25, 0.3) is 0 Å². The zero-order valence-corrected chi connectivity index (χ0v) is 8.49. The summed E-state index contributed by atoms with van der Waals surface area (Å²) in [5.74, 6) is 0. The Labute approximate surface area is 88.4 Å². The lowest BCUT2D eigenvalue weighted by molar-refractivity contribution is 1.45. The standard InChI is InChI=1S/C14H10N/c1-10-11-6-2-4-8-13(11)15-14-9-5-3-7-12(10)14/h2-6,8-9H,1H3. The minimum absolute atomic E-state index is 1.02. The second-order valence-corrected chi connectivity index (χ2v) is 3.68. The van der Waals surface area contributed by atoms with Crippen molar-refractivity contribution in [1.29, 1.82) is 0 Å². The van der Waals surface area contributed by atoms with Crippen molar-refractivity contribution in [3.05, 3.63) is 54.1 Å². The lowest BCUT2D eigenvalue weighted by Gasteiger charge is -2.05. The molecule has 0 bridgehead atoms. The van der Waals surface area contributed by atoms with Crippen LogP contribution < -0.4 is 0 Å². The van der Waals surface area contributed by atoms with Crippen LogP contribution in [0.2, 0.25) is 0 Å². The number of rotatable bonds is 0. The van der Waals surface area contributed by atoms with E-state index in [-0.39, 0.29) is 0 Å². The molecule has 1 radical (unpaired) electrons. The number of aromatic nitrogens is 1. The van der Waals surface area contributed by atoms with E-state index in [1.54, 1.807) is 0 Å². The Bertz CT molecular complexity index is 587. The van der Waals surface area contributed by atoms with Gasteiger partial charge in [-0.15, -0.1) is 0 Å². The van der Waals surface area contributed by atoms with Gasteiger partial charge in [0.05, 0.1) is 11.0 Å². The molecular formula is C14H10N. The highest BCUT2D eigenvalue weighted by Crippen LogP contribution is 2.23. The number of fused-ring (bicyclic) bond motifs is 2. The zero-order chi connectivity index (χ0) is 10.3. The minimum atomic E-state index is 1.02. The summed E-state index contributed by atoms with van der Waals surface area (Å²) >= 11 is 0. The van der Waals surface area contributed by atoms with E-state index in [9.17, 15) is 0 Å². The molecule has 0 N–H and O–H groups in total. The molecule has 0 aliphatic carbocycles. The van der Waals surface area contributed by atoms with E-state index >= 15 is 0 Å². The maximum Gasteiger partial charge on any atom is 0.0718 e. The van der Waals surface area contributed by atoms with E-state index < -0.39 is 0 Å². The fourth-order valence-electron chi connectivity index (χ4n) is 1.97. The van der Waals surface area contributed by atoms with Crippen LogP contribution in [-0.2, 0) is 0 Å². The van der Waals surface area contributed by atoms with Gasteiger partial charge in [-0.25, -0.2) is 4.98 Å². The topological polar surface area (TPSA) is 12.9 Å². The van der Waals surface area contributed by atoms with Gasteiger partial charge in [0.2, 0.25) is 0 Å². The Balaban J connectivity index is 2.60. The molecule has 0 aliphatic rings. The van der Waals surface area contributed by atoms with Crippen molar-refractivity contribution < 1.29 is 0 Å². The first kappa shape index (κ1) is 8.42. The largest absolute Gasteiger partial charge is 0.248 e. The summed E-state index contributed by atoms with van der Waals surface area (Å²) in [5, 5.41) is 2.34. The van der Waals surface area contributed by atoms with Crippen molar-refractivity contribution in [3.8, 4) is 0 Å². The Kier molecular flexibility index (Phi) is 1.72. The molecule has 3 aromatic rings. The molecular weight excluding hydrogens is 182 g/mol. The fraction of sp³-hybridized carbons (Fsp3) is 0.0714. The van der Waals surface area contributed by atoms with Gasteiger partial charge in [0.1, 0.15) is 0 Å². The molecule has 71 valence electrons. The first-order valence-corrected chi connectivity index (χ1v) is 5.02. The van der Waals surface area contributed by atoms with Crippen LogP contribution in [-0.4, -0.2) is 4.98 Å². The van der Waals surface area contributed by atoms with Crippen LogP contribution in [0.5, 0.6) is 0 Å². The average Bonchev–Trinajstić information content (AvgIpc) is 2.30. The maximum atomic E-state index is 4.61. The summed E-state index contributed by atoms with van der Waals surface area (Å²) in [6, 6.07) is 17.4. The SMILES string of the molecule is Cc1c2[c]cccc2nc2ccccc12. The molecule has 1 nitrogen and oxygen atoms in total. The van der Waals surface area contributed by atoms with Crippen LogP contribution in [0, 0.1) is 13.0 Å². The number of nitrogens with zero attached hydrogens (tertiary/aromatic N) is 1. The van der Waals surface area contributed by atoms with Crippen molar-refractivity contribution in [3.63, 3.8) is 0 Å². The van der Waals surface area contributed by atoms with Crippen molar-refractivity contribution in [2.24, 2.45) is 0 Å². The van der Waals surface area contributed by atoms with Crippen LogP contribution in [0.1, 0.15) is 5.56 Å². The number of hydrogen-bond acceptors (Lipinski definition) is 1. The van der Waals surface area contributed by atoms with E-state index in [0.29, 0.717) is 0 Å². The maximum absolute atomic E-state index is 4.61. The molecule has 1 heteroatoms. The molecule has 1 heterocycles. The molecule has 15 heavy (non-hydrogen) atoms. The van der Waals surface area contributed by atoms with Gasteiger partial charge in [0, 0.05) is 10.8 Å². The Morgan fingerprint density at radius 2 is 1.80 bits per heavy atom. The lowest BCUT2D eigenvalue weighted by atomic mass is 10.0. The Morgan fingerprint density at radius 3 is 2.73 bits per heavy atom. The molecule has 0 unspecified atom stereocenters. The van der Waals surface area contributed by atoms with E-state index in [4.69, 9.17) is 0 Å². The van der Waals surface area contributed by atoms with Crippen LogP contribution in [0.4, 0.5) is 0 Å². The number of benzene rings is 2. The molecule has 0 atom stereocenters. The highest BCUT2D eigenvalue weighted by atomic mass is 14.7. The molecule has 0 spiro atoms. The molecule has 1 aromatic heterocycles. The van der Waals surface area contributed by atoms with Crippen LogP contribution >= 0.6 is 0 Å². The first-order chi connectivity index (χ1) is 7.36. The second kappa shape index (κ2) is 3.06. The van der Waals surface area contributed by atoms with Crippen LogP contribution in [0.25, 0.3) is 21.8 Å². The monoisotopic (exact) mass is 192 g/mol. The fourth-order valence-corrected chi connectivity index (χ4v) is 1.97. The van der Waals surface area contributed by atoms with Crippen LogP contribution in [0.15, 0.2) is 42.5 Å². The van der Waals surface area contributed by atoms with E-state index in [0.717, 1.165) is 16.4 Å². The number of pyridine rings is 1. The summed E-state index contributed by atoms with van der Waals surface area (Å²) in [5.41, 5.74) is 3.34. The zero-order valence-electron chi connectivity index (χ0n) is 8.49. The van der Waals surface area contributed by atoms with E-state index in [1.165, 1.54) is 10.9 Å². The van der Waals surface area contributed by atoms with Crippen molar-refractivity contribution in [2.45, 2.75) is 6.92 Å². The molecule has 2 aromatic carbocycles. The first-order valence-electron chi connectivity index (χ1n) is 5.02. The van der Waals surface area contributed by atoms with Gasteiger partial charge in [-0.05, 0) is 30.7 Å². The minimum Gasteiger partial charge on any atom is -0.248 e. The van der Waals surface area contributed by atoms with Gasteiger partial charge in [-0.3, -0.25) is 0 Å². The summed E-state index contributed by atoms with van der Waals surface area (Å²) in [6.07, 6.45) is 0. The van der Waals surface area contributed by atoms with E-state index in [2.05, 4.69) is 30.1 Å². The predicted molar refractivity (Wildman–Crippen MR) is 62.8 cm³/mol. The highest BCUT2D eigenvalue weighted by Gasteiger charge is 2.03. The third-order valence-electron chi connectivity index (χ3n) is 2.76. The average molecular weight is 192 g/mol. The number of aryl methyl sites for hydroxylation is 1. The quantitative estimate of drug-likeness (QED) is 0.497. The third kappa shape index (κ3) is 1.20. The number of hydrogen-bond donors (Lipinski definition) is 0. The Morgan fingerprint density at radius 1 is 1.00 bits per heavy atom. The van der Waals surface area contributed by atoms with Crippen molar-refractivity contribution >= 4 is 21.8 Å². The predicted octanol–water partition coefficient (Wildman–Crippen LogP) is 3.50. The van der Waals surface area contributed by atoms with Gasteiger partial charge >= 0.3 is 0 Å². The molecule has 0 saturated carbocycles. The van der Waals surface area contributed by atoms with Gasteiger partial charge in [-0.1, -0.05) is 30.3 Å². The lowest BCUT2D eigenvalue weighted by Crippen LogP contribution is -1.86. The Hall–Kier alpha value is -1.89. The molecule has 3 rings (SSSR count). The third-order valence-corrected chi connectivity index (χ3v) is 2.76. The van der Waals surface area contributed by atoms with E-state index in [1.807, 2.05) is 30.3 Å². The van der Waals surface area contributed by atoms with Crippen LogP contribution in [0.3, 0.4) is 0 Å². The molecule has 0 amide bonds. The van der Waals surface area contributed by atoms with Gasteiger partial charge in [-0.2, -0.15) is 0 Å². The van der Waals surface area contributed by atoms with Crippen molar-refractivity contribution in [2.75, 3.05) is 0 Å². The van der Waals surface area contributed by atoms with Gasteiger partial charge < -0.3 is 0 Å². The smallest absolute Gasteiger partial charge is 0.0718 e. The summed E-state index contributed by atoms with van der Waals surface area (Å²) in [6.45, 7) is 2.13. The number of para-hydroxylation sites is 1.